The molecule has 0 aliphatic carbocycles. The van der Waals surface area contributed by atoms with Crippen molar-refractivity contribution in [2.24, 2.45) is 0 Å². The van der Waals surface area contributed by atoms with Crippen LogP contribution in [-0.2, 0) is 14.3 Å². The van der Waals surface area contributed by atoms with E-state index >= 15 is 0 Å². The number of hydrogen-bond donors (Lipinski definition) is 3. The lowest BCUT2D eigenvalue weighted by Crippen LogP contribution is -2.45. The molecule has 3 N–H and O–H groups in total. The molecule has 0 bridgehead atoms. The number of hydrogen-bond acceptors (Lipinski definition) is 5. The highest BCUT2D eigenvalue weighted by molar-refractivity contribution is 5.76. The Bertz CT molecular complexity index is 1200. The van der Waals surface area contributed by atoms with Gasteiger partial charge in [0.05, 0.1) is 25.4 Å². The van der Waals surface area contributed by atoms with Crippen LogP contribution in [0.15, 0.2) is 24.3 Å². The molecule has 0 aromatic carbocycles. The second-order valence-electron chi connectivity index (χ2n) is 24.2. The Labute approximate surface area is 481 Å². The van der Waals surface area contributed by atoms with Gasteiger partial charge in [0.1, 0.15) is 0 Å². The summed E-state index contributed by atoms with van der Waals surface area (Å²) in [4.78, 5) is 24.6. The van der Waals surface area contributed by atoms with Crippen molar-refractivity contribution in [3.05, 3.63) is 24.3 Å². The number of esters is 1. The predicted molar refractivity (Wildman–Crippen MR) is 338 cm³/mol. The lowest BCUT2D eigenvalue weighted by Gasteiger charge is -2.20. The normalized spacial score (nSPS) is 12.6. The smallest absolute Gasteiger partial charge is 0.305 e. The van der Waals surface area contributed by atoms with Gasteiger partial charge < -0.3 is 20.3 Å². The van der Waals surface area contributed by atoms with Gasteiger partial charge in [0.15, 0.2) is 0 Å². The molecule has 0 aliphatic heterocycles. The minimum atomic E-state index is -0.848. The van der Waals surface area contributed by atoms with Crippen LogP contribution >= 0.6 is 0 Å². The topological polar surface area (TPSA) is 95.9 Å². The Balaban J connectivity index is 3.40. The Hall–Kier alpha value is -1.66. The molecular weight excluding hydrogens is 947 g/mol. The van der Waals surface area contributed by atoms with Gasteiger partial charge in [0.25, 0.3) is 0 Å². The standard InChI is InChI=1S/C71H137NO5/c1-3-5-7-9-11-13-15-17-19-21-31-35-39-43-47-51-55-59-63-69(74)68(67-73)72-70(75)64-60-56-52-48-44-40-36-32-29-27-25-23-24-26-28-30-34-38-42-46-50-54-58-62-66-77-71(76)65-61-57-53-49-45-41-37-33-22-20-18-16-14-12-10-8-6-4-2/h25,27,59,63,68-69,73-74H,3-24,26,28-58,60-62,64-67H2,1-2H3,(H,72,75)/b27-25-,63-59+. The van der Waals surface area contributed by atoms with Gasteiger partial charge >= 0.3 is 5.97 Å². The molecule has 0 heterocycles. The highest BCUT2D eigenvalue weighted by Gasteiger charge is 2.18. The molecule has 0 spiro atoms. The molecule has 0 saturated heterocycles. The summed E-state index contributed by atoms with van der Waals surface area (Å²) in [6.07, 6.45) is 83.9. The molecule has 0 radical (unpaired) electrons. The fourth-order valence-corrected chi connectivity index (χ4v) is 11.1. The van der Waals surface area contributed by atoms with E-state index < -0.39 is 12.1 Å². The number of rotatable bonds is 66. The number of unbranched alkanes of at least 4 members (excludes halogenated alkanes) is 53. The van der Waals surface area contributed by atoms with Crippen molar-refractivity contribution in [3.63, 3.8) is 0 Å². The summed E-state index contributed by atoms with van der Waals surface area (Å²) < 4.78 is 5.51. The van der Waals surface area contributed by atoms with Gasteiger partial charge in [-0.2, -0.15) is 0 Å². The molecule has 0 saturated carbocycles. The maximum atomic E-state index is 12.5. The van der Waals surface area contributed by atoms with Gasteiger partial charge in [-0.1, -0.05) is 346 Å². The van der Waals surface area contributed by atoms with Gasteiger partial charge in [-0.15, -0.1) is 0 Å². The van der Waals surface area contributed by atoms with E-state index in [-0.39, 0.29) is 18.5 Å². The summed E-state index contributed by atoms with van der Waals surface area (Å²) in [5.74, 6) is -0.0520. The van der Waals surface area contributed by atoms with E-state index in [2.05, 4.69) is 31.3 Å². The number of carbonyl (C=O) groups excluding carboxylic acids is 2. The number of ether oxygens (including phenoxy) is 1. The van der Waals surface area contributed by atoms with Crippen LogP contribution in [0, 0.1) is 0 Å². The number of nitrogens with one attached hydrogen (secondary N) is 1. The highest BCUT2D eigenvalue weighted by atomic mass is 16.5. The van der Waals surface area contributed by atoms with Crippen molar-refractivity contribution in [1.82, 2.24) is 5.32 Å². The van der Waals surface area contributed by atoms with E-state index in [1.807, 2.05) is 6.08 Å². The van der Waals surface area contributed by atoms with Crippen molar-refractivity contribution in [3.8, 4) is 0 Å². The molecule has 0 aromatic heterocycles. The maximum absolute atomic E-state index is 12.5. The molecule has 1 amide bonds. The number of aliphatic hydroxyl groups excluding tert-OH is 2. The largest absolute Gasteiger partial charge is 0.466 e. The van der Waals surface area contributed by atoms with E-state index in [9.17, 15) is 19.8 Å². The summed E-state index contributed by atoms with van der Waals surface area (Å²) in [6, 6.07) is -0.631. The number of aliphatic hydroxyl groups is 2. The zero-order valence-electron chi connectivity index (χ0n) is 52.2. The number of allylic oxidation sites excluding steroid dienone is 3. The Morgan fingerprint density at radius 1 is 0.351 bits per heavy atom. The first kappa shape index (κ1) is 75.3. The molecule has 2 atom stereocenters. The summed E-state index contributed by atoms with van der Waals surface area (Å²) in [6.45, 7) is 4.94. The fourth-order valence-electron chi connectivity index (χ4n) is 11.1. The minimum Gasteiger partial charge on any atom is -0.466 e. The number of amides is 1. The van der Waals surface area contributed by atoms with E-state index in [0.717, 1.165) is 38.5 Å². The third-order valence-electron chi connectivity index (χ3n) is 16.5. The van der Waals surface area contributed by atoms with Crippen LogP contribution in [0.4, 0.5) is 0 Å². The van der Waals surface area contributed by atoms with Crippen molar-refractivity contribution >= 4 is 11.9 Å². The number of carbonyl (C=O) groups is 2. The van der Waals surface area contributed by atoms with Gasteiger partial charge in [-0.25, -0.2) is 0 Å². The molecule has 0 rings (SSSR count). The Morgan fingerprint density at radius 3 is 0.922 bits per heavy atom. The molecule has 2 unspecified atom stereocenters. The quantitative estimate of drug-likeness (QED) is 0.0320. The van der Waals surface area contributed by atoms with E-state index in [0.29, 0.717) is 19.4 Å². The molecule has 6 heteroatoms. The molecule has 6 nitrogen and oxygen atoms in total. The predicted octanol–water partition coefficient (Wildman–Crippen LogP) is 22.5. The third-order valence-corrected chi connectivity index (χ3v) is 16.5. The zero-order valence-corrected chi connectivity index (χ0v) is 52.2. The summed E-state index contributed by atoms with van der Waals surface area (Å²) in [5, 5.41) is 23.2. The zero-order chi connectivity index (χ0) is 55.7. The third kappa shape index (κ3) is 63.4. The molecule has 456 valence electrons. The molecule has 0 fully saturated rings. The average molecular weight is 1080 g/mol. The van der Waals surface area contributed by atoms with Crippen molar-refractivity contribution < 1.29 is 24.5 Å². The first-order valence-electron chi connectivity index (χ1n) is 35.1. The monoisotopic (exact) mass is 1080 g/mol. The second kappa shape index (κ2) is 66.8. The van der Waals surface area contributed by atoms with Crippen LogP contribution in [0.2, 0.25) is 0 Å². The highest BCUT2D eigenvalue weighted by Crippen LogP contribution is 2.19. The van der Waals surface area contributed by atoms with Gasteiger partial charge in [-0.3, -0.25) is 9.59 Å². The first-order valence-corrected chi connectivity index (χ1v) is 35.1. The van der Waals surface area contributed by atoms with Crippen LogP contribution in [0.3, 0.4) is 0 Å². The fraction of sp³-hybridized carbons (Fsp3) is 0.915. The van der Waals surface area contributed by atoms with Crippen LogP contribution in [0.5, 0.6) is 0 Å². The van der Waals surface area contributed by atoms with Crippen molar-refractivity contribution in [1.29, 1.82) is 0 Å². The van der Waals surface area contributed by atoms with Crippen LogP contribution < -0.4 is 5.32 Å². The van der Waals surface area contributed by atoms with Gasteiger partial charge in [-0.05, 0) is 57.8 Å². The van der Waals surface area contributed by atoms with E-state index in [1.54, 1.807) is 6.08 Å². The molecule has 0 aromatic rings. The molecular formula is C71H137NO5. The van der Waals surface area contributed by atoms with Crippen molar-refractivity contribution in [2.75, 3.05) is 13.2 Å². The minimum absolute atomic E-state index is 0.0172. The summed E-state index contributed by atoms with van der Waals surface area (Å²) in [5.41, 5.74) is 0. The Kier molecular flexibility index (Phi) is 65.4. The summed E-state index contributed by atoms with van der Waals surface area (Å²) in [7, 11) is 0. The first-order chi connectivity index (χ1) is 38.0. The van der Waals surface area contributed by atoms with E-state index in [4.69, 9.17) is 4.74 Å². The van der Waals surface area contributed by atoms with Crippen LogP contribution in [-0.4, -0.2) is 47.4 Å². The van der Waals surface area contributed by atoms with Gasteiger partial charge in [0, 0.05) is 12.8 Å². The maximum Gasteiger partial charge on any atom is 0.305 e. The summed E-state index contributed by atoms with van der Waals surface area (Å²) >= 11 is 0. The lowest BCUT2D eigenvalue weighted by molar-refractivity contribution is -0.143. The van der Waals surface area contributed by atoms with E-state index in [1.165, 1.54) is 327 Å². The van der Waals surface area contributed by atoms with Crippen LogP contribution in [0.1, 0.15) is 393 Å². The average Bonchev–Trinajstić information content (AvgIpc) is 3.43. The second-order valence-corrected chi connectivity index (χ2v) is 24.2. The van der Waals surface area contributed by atoms with Crippen LogP contribution in [0.25, 0.3) is 0 Å². The SMILES string of the molecule is CCCCCCCCCCCCCCCCCC/C=C/C(O)C(CO)NC(=O)CCCCCCCCCC/C=C\CCCCCCCCCCCCCCOC(=O)CCCCCCCCCCCCCCCCCCCC. The molecule has 77 heavy (non-hydrogen) atoms. The Morgan fingerprint density at radius 2 is 0.610 bits per heavy atom. The van der Waals surface area contributed by atoms with Crippen molar-refractivity contribution in [2.45, 2.75) is 405 Å². The lowest BCUT2D eigenvalue weighted by atomic mass is 10.0. The van der Waals surface area contributed by atoms with Gasteiger partial charge in [0.2, 0.25) is 5.91 Å². The molecule has 0 aliphatic rings.